The molecule has 0 unspecified atom stereocenters. The lowest BCUT2D eigenvalue weighted by atomic mass is 10.2. The molecule has 0 aliphatic rings. The van der Waals surface area contributed by atoms with Gasteiger partial charge in [-0.05, 0) is 19.1 Å². The molecule has 0 aromatic heterocycles. The molecule has 0 saturated heterocycles. The number of benzene rings is 1. The van der Waals surface area contributed by atoms with Crippen LogP contribution < -0.4 is 10.7 Å². The maximum atomic E-state index is 11.8. The highest BCUT2D eigenvalue weighted by atomic mass is 16.6. The standard InChI is InChI=1S/C14H16N4O4/c1-3-8-15-13(19)9-10(2)16-17-14(20)11-4-6-12(7-5-11)18(21)22/h3-7H,1,8-9H2,2H3,(H,15,19)(H,17,20)/b16-10-. The number of hydrogen-bond acceptors (Lipinski definition) is 5. The molecule has 116 valence electrons. The molecule has 0 aliphatic heterocycles. The van der Waals surface area contributed by atoms with Crippen molar-refractivity contribution in [3.63, 3.8) is 0 Å². The zero-order chi connectivity index (χ0) is 16.5. The van der Waals surface area contributed by atoms with E-state index in [0.29, 0.717) is 12.3 Å². The first-order chi connectivity index (χ1) is 10.4. The van der Waals surface area contributed by atoms with Gasteiger partial charge in [0.25, 0.3) is 11.6 Å². The summed E-state index contributed by atoms with van der Waals surface area (Å²) in [5.41, 5.74) is 2.85. The SMILES string of the molecule is C=CCNC(=O)C/C(C)=N\NC(=O)c1ccc([N+](=O)[O-])cc1. The fourth-order valence-corrected chi connectivity index (χ4v) is 1.47. The molecule has 0 bridgehead atoms. The van der Waals surface area contributed by atoms with Gasteiger partial charge in [-0.15, -0.1) is 6.58 Å². The van der Waals surface area contributed by atoms with E-state index < -0.39 is 10.8 Å². The predicted molar refractivity (Wildman–Crippen MR) is 81.5 cm³/mol. The van der Waals surface area contributed by atoms with Crippen molar-refractivity contribution in [3.8, 4) is 0 Å². The summed E-state index contributed by atoms with van der Waals surface area (Å²) in [6, 6.07) is 5.12. The second kappa shape index (κ2) is 8.30. The van der Waals surface area contributed by atoms with Gasteiger partial charge >= 0.3 is 0 Å². The van der Waals surface area contributed by atoms with E-state index in [4.69, 9.17) is 0 Å². The molecule has 8 nitrogen and oxygen atoms in total. The maximum Gasteiger partial charge on any atom is 0.271 e. The second-order valence-corrected chi connectivity index (χ2v) is 4.36. The predicted octanol–water partition coefficient (Wildman–Crippen LogP) is 1.39. The Morgan fingerprint density at radius 3 is 2.55 bits per heavy atom. The van der Waals surface area contributed by atoms with Crippen LogP contribution in [0.25, 0.3) is 0 Å². The molecule has 0 atom stereocenters. The Kier molecular flexibility index (Phi) is 6.42. The van der Waals surface area contributed by atoms with Crippen molar-refractivity contribution in [3.05, 3.63) is 52.6 Å². The molecular weight excluding hydrogens is 288 g/mol. The molecule has 22 heavy (non-hydrogen) atoms. The molecular formula is C14H16N4O4. The number of hydrazone groups is 1. The number of nitrogens with one attached hydrogen (secondary N) is 2. The summed E-state index contributed by atoms with van der Waals surface area (Å²) in [6.45, 7) is 5.44. The third-order valence-corrected chi connectivity index (χ3v) is 2.55. The molecule has 0 aliphatic carbocycles. The third-order valence-electron chi connectivity index (χ3n) is 2.55. The first-order valence-electron chi connectivity index (χ1n) is 6.39. The van der Waals surface area contributed by atoms with Crippen LogP contribution in [-0.2, 0) is 4.79 Å². The largest absolute Gasteiger partial charge is 0.352 e. The highest BCUT2D eigenvalue weighted by molar-refractivity contribution is 6.01. The average molecular weight is 304 g/mol. The zero-order valence-corrected chi connectivity index (χ0v) is 12.0. The Balaban J connectivity index is 2.56. The summed E-state index contributed by atoms with van der Waals surface area (Å²) in [5, 5.41) is 16.9. The van der Waals surface area contributed by atoms with Crippen LogP contribution in [0.5, 0.6) is 0 Å². The Morgan fingerprint density at radius 1 is 1.36 bits per heavy atom. The zero-order valence-electron chi connectivity index (χ0n) is 12.0. The Hall–Kier alpha value is -3.03. The number of hydrogen-bond donors (Lipinski definition) is 2. The summed E-state index contributed by atoms with van der Waals surface area (Å²) in [6.07, 6.45) is 1.61. The van der Waals surface area contributed by atoms with Crippen LogP contribution >= 0.6 is 0 Å². The summed E-state index contributed by atoms with van der Waals surface area (Å²) >= 11 is 0. The highest BCUT2D eigenvalue weighted by Gasteiger charge is 2.09. The van der Waals surface area contributed by atoms with Crippen LogP contribution in [0, 0.1) is 10.1 Å². The van der Waals surface area contributed by atoms with Crippen molar-refractivity contribution in [2.75, 3.05) is 6.54 Å². The van der Waals surface area contributed by atoms with Crippen molar-refractivity contribution < 1.29 is 14.5 Å². The summed E-state index contributed by atoms with van der Waals surface area (Å²) in [4.78, 5) is 33.2. The fourth-order valence-electron chi connectivity index (χ4n) is 1.47. The Morgan fingerprint density at radius 2 is 2.00 bits per heavy atom. The monoisotopic (exact) mass is 304 g/mol. The van der Waals surface area contributed by atoms with Crippen LogP contribution in [-0.4, -0.2) is 29.0 Å². The number of carbonyl (C=O) groups is 2. The number of non-ortho nitro benzene ring substituents is 1. The van der Waals surface area contributed by atoms with E-state index in [1.807, 2.05) is 0 Å². The van der Waals surface area contributed by atoms with Crippen molar-refractivity contribution in [2.24, 2.45) is 5.10 Å². The minimum Gasteiger partial charge on any atom is -0.352 e. The first kappa shape index (κ1) is 17.0. The van der Waals surface area contributed by atoms with Crippen LogP contribution in [0.2, 0.25) is 0 Å². The van der Waals surface area contributed by atoms with Gasteiger partial charge in [-0.2, -0.15) is 5.10 Å². The smallest absolute Gasteiger partial charge is 0.271 e. The van der Waals surface area contributed by atoms with Crippen LogP contribution in [0.15, 0.2) is 42.0 Å². The van der Waals surface area contributed by atoms with E-state index in [1.54, 1.807) is 13.0 Å². The van der Waals surface area contributed by atoms with E-state index >= 15 is 0 Å². The van der Waals surface area contributed by atoms with Crippen molar-refractivity contribution >= 4 is 23.2 Å². The quantitative estimate of drug-likeness (QED) is 0.343. The van der Waals surface area contributed by atoms with Gasteiger partial charge in [-0.25, -0.2) is 5.43 Å². The van der Waals surface area contributed by atoms with Gasteiger partial charge in [0.05, 0.1) is 11.3 Å². The first-order valence-corrected chi connectivity index (χ1v) is 6.39. The Bertz CT molecular complexity index is 608. The number of amides is 2. The maximum absolute atomic E-state index is 11.8. The van der Waals surface area contributed by atoms with Gasteiger partial charge in [0.15, 0.2) is 0 Å². The molecule has 0 radical (unpaired) electrons. The number of nitrogens with zero attached hydrogens (tertiary/aromatic N) is 2. The number of carbonyl (C=O) groups excluding carboxylic acids is 2. The van der Waals surface area contributed by atoms with Gasteiger partial charge in [-0.3, -0.25) is 19.7 Å². The van der Waals surface area contributed by atoms with Gasteiger partial charge in [-0.1, -0.05) is 6.08 Å². The van der Waals surface area contributed by atoms with Crippen molar-refractivity contribution in [1.29, 1.82) is 0 Å². The minimum absolute atomic E-state index is 0.0500. The van der Waals surface area contributed by atoms with E-state index in [9.17, 15) is 19.7 Å². The lowest BCUT2D eigenvalue weighted by Gasteiger charge is -2.03. The molecule has 2 N–H and O–H groups in total. The fraction of sp³-hybridized carbons (Fsp3) is 0.214. The minimum atomic E-state index is -0.550. The third kappa shape index (κ3) is 5.53. The summed E-state index contributed by atoms with van der Waals surface area (Å²) in [5.74, 6) is -0.744. The number of nitro benzene ring substituents is 1. The number of nitro groups is 1. The van der Waals surface area contributed by atoms with Gasteiger partial charge in [0.1, 0.15) is 0 Å². The average Bonchev–Trinajstić information content (AvgIpc) is 2.50. The highest BCUT2D eigenvalue weighted by Crippen LogP contribution is 2.11. The topological polar surface area (TPSA) is 114 Å². The van der Waals surface area contributed by atoms with Gasteiger partial charge < -0.3 is 5.32 Å². The second-order valence-electron chi connectivity index (χ2n) is 4.36. The lowest BCUT2D eigenvalue weighted by molar-refractivity contribution is -0.384. The summed E-state index contributed by atoms with van der Waals surface area (Å²) < 4.78 is 0. The van der Waals surface area contributed by atoms with E-state index in [-0.39, 0.29) is 23.6 Å². The van der Waals surface area contributed by atoms with Gasteiger partial charge in [0.2, 0.25) is 5.91 Å². The Labute approximate surface area is 127 Å². The molecule has 0 saturated carbocycles. The molecule has 0 spiro atoms. The van der Waals surface area contributed by atoms with Gasteiger partial charge in [0, 0.05) is 30.0 Å². The molecule has 1 rings (SSSR count). The molecule has 8 heteroatoms. The lowest BCUT2D eigenvalue weighted by Crippen LogP contribution is -2.26. The van der Waals surface area contributed by atoms with Crippen LogP contribution in [0.3, 0.4) is 0 Å². The van der Waals surface area contributed by atoms with Crippen LogP contribution in [0.4, 0.5) is 5.69 Å². The van der Waals surface area contributed by atoms with Crippen molar-refractivity contribution in [1.82, 2.24) is 10.7 Å². The van der Waals surface area contributed by atoms with Crippen molar-refractivity contribution in [2.45, 2.75) is 13.3 Å². The van der Waals surface area contributed by atoms with Crippen LogP contribution in [0.1, 0.15) is 23.7 Å². The molecule has 0 heterocycles. The normalized spacial score (nSPS) is 10.7. The van der Waals surface area contributed by atoms with E-state index in [1.165, 1.54) is 24.3 Å². The summed E-state index contributed by atoms with van der Waals surface area (Å²) in [7, 11) is 0. The molecule has 1 aromatic carbocycles. The molecule has 1 aromatic rings. The molecule has 2 amide bonds. The molecule has 0 fully saturated rings. The van der Waals surface area contributed by atoms with E-state index in [0.717, 1.165) is 0 Å². The van der Waals surface area contributed by atoms with E-state index in [2.05, 4.69) is 22.4 Å². The number of rotatable bonds is 7.